The van der Waals surface area contributed by atoms with Gasteiger partial charge in [0.25, 0.3) is 11.8 Å². The van der Waals surface area contributed by atoms with E-state index in [1.165, 1.54) is 198 Å². The Morgan fingerprint density at radius 2 is 0.855 bits per heavy atom. The van der Waals surface area contributed by atoms with Gasteiger partial charge in [-0.25, -0.2) is 0 Å². The molecule has 0 aliphatic carbocycles. The van der Waals surface area contributed by atoms with Gasteiger partial charge in [0.2, 0.25) is 0 Å². The van der Waals surface area contributed by atoms with E-state index in [4.69, 9.17) is 9.47 Å². The first-order valence-corrected chi connectivity index (χ1v) is 33.4. The maximum Gasteiger partial charge on any atom is 0.262 e. The number of hydrogen-bond acceptors (Lipinski definition) is 8. The van der Waals surface area contributed by atoms with Crippen LogP contribution in [0.25, 0.3) is 33.8 Å². The van der Waals surface area contributed by atoms with E-state index in [1.54, 1.807) is 11.3 Å². The predicted molar refractivity (Wildman–Crippen MR) is 330 cm³/mol. The van der Waals surface area contributed by atoms with E-state index in [0.717, 1.165) is 41.1 Å². The first-order chi connectivity index (χ1) is 37.2. The van der Waals surface area contributed by atoms with Gasteiger partial charge < -0.3 is 19.3 Å². The fourth-order valence-electron chi connectivity index (χ4n) is 11.8. The van der Waals surface area contributed by atoms with E-state index in [9.17, 15) is 9.59 Å². The molecule has 2 atom stereocenters. The van der Waals surface area contributed by atoms with Gasteiger partial charge in [0.15, 0.2) is 0 Å². The summed E-state index contributed by atoms with van der Waals surface area (Å²) in [5.41, 5.74) is 5.38. The Labute approximate surface area is 473 Å². The lowest BCUT2D eigenvalue weighted by Crippen LogP contribution is -2.31. The smallest absolute Gasteiger partial charge is 0.262 e. The number of benzene rings is 2. The van der Waals surface area contributed by atoms with Crippen molar-refractivity contribution in [3.63, 3.8) is 0 Å². The van der Waals surface area contributed by atoms with Crippen LogP contribution in [0.15, 0.2) is 77.6 Å². The number of carbonyl (C=O) groups excluding carboxylic acids is 2. The van der Waals surface area contributed by atoms with Crippen LogP contribution in [0.5, 0.6) is 11.5 Å². The van der Waals surface area contributed by atoms with Gasteiger partial charge in [0.05, 0.1) is 48.9 Å². The van der Waals surface area contributed by atoms with Gasteiger partial charge in [-0.2, -0.15) is 0 Å². The molecular weight excluding hydrogens is 1010 g/mol. The molecule has 2 aromatic carbocycles. The number of aryl methyl sites for hydroxylation is 1. The third-order valence-electron chi connectivity index (χ3n) is 16.1. The molecule has 10 heteroatoms. The van der Waals surface area contributed by atoms with E-state index in [2.05, 4.69) is 95.3 Å². The second-order valence-corrected chi connectivity index (χ2v) is 26.7. The van der Waals surface area contributed by atoms with Gasteiger partial charge in [-0.15, -0.1) is 45.3 Å². The summed E-state index contributed by atoms with van der Waals surface area (Å²) in [5.74, 6) is 2.92. The van der Waals surface area contributed by atoms with Gasteiger partial charge in [-0.1, -0.05) is 206 Å². The molecule has 0 bridgehead atoms. The molecule has 8 rings (SSSR count). The molecule has 0 fully saturated rings. The molecule has 0 radical (unpaired) electrons. The minimum Gasteiger partial charge on any atom is -0.492 e. The molecule has 2 unspecified atom stereocenters. The van der Waals surface area contributed by atoms with Gasteiger partial charge in [0, 0.05) is 24.7 Å². The lowest BCUT2D eigenvalue weighted by atomic mass is 9.89. The zero-order valence-electron chi connectivity index (χ0n) is 47.3. The summed E-state index contributed by atoms with van der Waals surface area (Å²) < 4.78 is 20.6. The zero-order valence-corrected chi connectivity index (χ0v) is 50.6. The van der Waals surface area contributed by atoms with Gasteiger partial charge in [-0.05, 0) is 86.1 Å². The fourth-order valence-corrected chi connectivity index (χ4v) is 17.4. The summed E-state index contributed by atoms with van der Waals surface area (Å²) in [7, 11) is 0. The summed E-state index contributed by atoms with van der Waals surface area (Å²) in [4.78, 5) is 35.3. The lowest BCUT2D eigenvalue weighted by molar-refractivity contribution is -0.124. The van der Waals surface area contributed by atoms with Gasteiger partial charge in [-0.3, -0.25) is 9.59 Å². The van der Waals surface area contributed by atoms with Gasteiger partial charge >= 0.3 is 0 Å². The SMILES string of the molecule is CCCCCCCCC(CCCCCC)Cc1ccc(OCCN2C(=O)C(c3cc4sc5c6sc(C)cc6sc5c4s3)=C3C2=C(C)C(=O)N3CCOc2ccc(CC(CCCCCC)CCCCCCCC)cc2)cc1. The molecule has 6 aromatic rings. The second kappa shape index (κ2) is 29.9. The van der Waals surface area contributed by atoms with Gasteiger partial charge in [0.1, 0.15) is 24.7 Å². The van der Waals surface area contributed by atoms with E-state index < -0.39 is 0 Å². The average Bonchev–Trinajstić information content (AvgIpc) is 4.38. The molecule has 4 aromatic heterocycles. The Morgan fingerprint density at radius 1 is 0.447 bits per heavy atom. The van der Waals surface area contributed by atoms with Crippen molar-refractivity contribution in [2.24, 2.45) is 11.8 Å². The van der Waals surface area contributed by atoms with E-state index >= 15 is 0 Å². The summed E-state index contributed by atoms with van der Waals surface area (Å²) in [6.07, 6.45) is 34.2. The molecule has 2 amide bonds. The topological polar surface area (TPSA) is 59.1 Å². The Hall–Kier alpha value is -3.96. The Morgan fingerprint density at radius 3 is 1.33 bits per heavy atom. The lowest BCUT2D eigenvalue weighted by Gasteiger charge is -2.20. The molecule has 0 saturated carbocycles. The van der Waals surface area contributed by atoms with Crippen molar-refractivity contribution in [2.45, 2.75) is 208 Å². The van der Waals surface area contributed by atoms with Crippen molar-refractivity contribution >= 4 is 90.9 Å². The maximum absolute atomic E-state index is 15.0. The van der Waals surface area contributed by atoms with Crippen LogP contribution in [-0.2, 0) is 22.4 Å². The third kappa shape index (κ3) is 15.2. The zero-order chi connectivity index (χ0) is 53.2. The first kappa shape index (κ1) is 58.2. The number of amides is 2. The molecule has 0 spiro atoms. The number of nitrogens with zero attached hydrogens (tertiary/aromatic N) is 2. The summed E-state index contributed by atoms with van der Waals surface area (Å²) >= 11 is 7.24. The van der Waals surface area contributed by atoms with Crippen molar-refractivity contribution in [2.75, 3.05) is 26.3 Å². The minimum atomic E-state index is -0.0689. The molecule has 412 valence electrons. The monoisotopic (exact) mass is 1100 g/mol. The summed E-state index contributed by atoms with van der Waals surface area (Å²) in [5, 5.41) is 0. The normalized spacial score (nSPS) is 14.8. The van der Waals surface area contributed by atoms with Crippen LogP contribution < -0.4 is 9.47 Å². The van der Waals surface area contributed by atoms with Crippen molar-refractivity contribution in [3.05, 3.63) is 98.5 Å². The van der Waals surface area contributed by atoms with Crippen molar-refractivity contribution in [3.8, 4) is 11.5 Å². The largest absolute Gasteiger partial charge is 0.492 e. The quantitative estimate of drug-likeness (QED) is 0.0365. The van der Waals surface area contributed by atoms with Crippen molar-refractivity contribution in [1.29, 1.82) is 0 Å². The number of carbonyl (C=O) groups is 2. The van der Waals surface area contributed by atoms with E-state index in [0.29, 0.717) is 48.8 Å². The van der Waals surface area contributed by atoms with Crippen LogP contribution in [0.4, 0.5) is 0 Å². The highest BCUT2D eigenvalue weighted by Gasteiger charge is 2.47. The third-order valence-corrected chi connectivity index (χ3v) is 21.3. The van der Waals surface area contributed by atoms with Crippen LogP contribution in [0, 0.1) is 18.8 Å². The number of unbranched alkanes of at least 4 members (excludes halogenated alkanes) is 16. The average molecular weight is 1100 g/mol. The molecule has 2 aliphatic rings. The fraction of sp³-hybridized carbons (Fsp3) is 0.576. The highest BCUT2D eigenvalue weighted by Crippen LogP contribution is 2.52. The highest BCUT2D eigenvalue weighted by molar-refractivity contribution is 7.44. The van der Waals surface area contributed by atoms with E-state index in [-0.39, 0.29) is 11.8 Å². The number of hydrogen-bond donors (Lipinski definition) is 0. The minimum absolute atomic E-state index is 0.0688. The molecule has 6 nitrogen and oxygen atoms in total. The van der Waals surface area contributed by atoms with Crippen LogP contribution in [0.1, 0.15) is 210 Å². The van der Waals surface area contributed by atoms with Crippen LogP contribution in [0.3, 0.4) is 0 Å². The summed E-state index contributed by atoms with van der Waals surface area (Å²) in [6, 6.07) is 21.9. The van der Waals surface area contributed by atoms with Crippen LogP contribution in [0.2, 0.25) is 0 Å². The number of rotatable bonds is 37. The van der Waals surface area contributed by atoms with Crippen molar-refractivity contribution in [1.82, 2.24) is 9.80 Å². The first-order valence-electron chi connectivity index (χ1n) is 30.1. The Bertz CT molecular complexity index is 2820. The number of ether oxygens (including phenoxy) is 2. The van der Waals surface area contributed by atoms with Crippen molar-refractivity contribution < 1.29 is 19.1 Å². The number of thiophene rings is 4. The number of fused-ring (bicyclic) bond motifs is 6. The molecule has 76 heavy (non-hydrogen) atoms. The highest BCUT2D eigenvalue weighted by atomic mass is 32.1. The molecule has 0 saturated heterocycles. The molecule has 2 aliphatic heterocycles. The maximum atomic E-state index is 15.0. The Balaban J connectivity index is 0.936. The summed E-state index contributed by atoms with van der Waals surface area (Å²) in [6.45, 7) is 14.5. The standard InChI is InChI=1S/C66H90N2O4S4/c1-7-11-15-19-21-25-29-49(27-23-17-13-9-3)44-51-31-35-53(36-32-51)71-41-39-67-59-48(6)65(69)68(60(59)58(66(67)70)55-46-57-62(74-55)64-63(76-57)61-56(75-64)43-47(5)73-61)40-42-72-54-37-33-52(34-38-54)45-50(28-24-18-14-10-4)30-26-22-20-16-12-8-2/h31-38,43,46,49-50H,7-30,39-42,44-45H2,1-6H3. The molecule has 6 heterocycles. The predicted octanol–water partition coefficient (Wildman–Crippen LogP) is 20.3. The van der Waals surface area contributed by atoms with Crippen LogP contribution in [-0.4, -0.2) is 47.9 Å². The van der Waals surface area contributed by atoms with Crippen LogP contribution >= 0.6 is 45.3 Å². The molecule has 0 N–H and O–H groups in total. The second-order valence-electron chi connectivity index (χ2n) is 22.3. The molecular formula is C66H90N2O4S4. The van der Waals surface area contributed by atoms with E-state index in [1.807, 2.05) is 50.7 Å². The Kier molecular flexibility index (Phi) is 22.9.